The number of hydrogen-bond acceptors (Lipinski definition) is 4. The molecule has 19 heavy (non-hydrogen) atoms. The maximum atomic E-state index is 12.0. The van der Waals surface area contributed by atoms with Gasteiger partial charge in [0, 0.05) is 31.6 Å². The molecule has 1 unspecified atom stereocenters. The molecule has 2 rings (SSSR count). The van der Waals surface area contributed by atoms with Crippen molar-refractivity contribution in [3.05, 3.63) is 16.8 Å². The van der Waals surface area contributed by atoms with Gasteiger partial charge in [-0.1, -0.05) is 0 Å². The first-order valence-corrected chi connectivity index (χ1v) is 7.07. The average Bonchev–Trinajstić information content (AvgIpc) is 2.90. The highest BCUT2D eigenvalue weighted by molar-refractivity contribution is 7.08. The van der Waals surface area contributed by atoms with Crippen molar-refractivity contribution in [3.8, 4) is 0 Å². The van der Waals surface area contributed by atoms with Gasteiger partial charge in [0.1, 0.15) is 6.04 Å². The van der Waals surface area contributed by atoms with Gasteiger partial charge in [-0.25, -0.2) is 4.79 Å². The van der Waals surface area contributed by atoms with Crippen molar-refractivity contribution in [1.29, 1.82) is 0 Å². The van der Waals surface area contributed by atoms with E-state index in [1.807, 2.05) is 21.7 Å². The molecule has 0 saturated carbocycles. The van der Waals surface area contributed by atoms with Gasteiger partial charge < -0.3 is 15.3 Å². The summed E-state index contributed by atoms with van der Waals surface area (Å²) in [5.74, 6) is -0.823. The molecule has 2 amide bonds. The molecule has 1 aliphatic rings. The Balaban J connectivity index is 1.83. The fourth-order valence-electron chi connectivity index (χ4n) is 2.01. The van der Waals surface area contributed by atoms with Crippen molar-refractivity contribution in [3.63, 3.8) is 0 Å². The molecular weight excluding hydrogens is 266 g/mol. The van der Waals surface area contributed by atoms with E-state index in [1.165, 1.54) is 11.3 Å². The van der Waals surface area contributed by atoms with Crippen LogP contribution in [0.1, 0.15) is 6.92 Å². The molecule has 0 radical (unpaired) electrons. The van der Waals surface area contributed by atoms with Gasteiger partial charge in [0.05, 0.1) is 5.69 Å². The van der Waals surface area contributed by atoms with Crippen LogP contribution >= 0.6 is 11.3 Å². The number of carbonyl (C=O) groups excluding carboxylic acids is 1. The normalized spacial score (nSPS) is 18.1. The van der Waals surface area contributed by atoms with E-state index in [1.54, 1.807) is 11.8 Å². The summed E-state index contributed by atoms with van der Waals surface area (Å²) in [6.45, 7) is 3.94. The number of aliphatic carboxylic acids is 1. The van der Waals surface area contributed by atoms with Crippen molar-refractivity contribution in [2.75, 3.05) is 31.5 Å². The summed E-state index contributed by atoms with van der Waals surface area (Å²) >= 11 is 1.53. The molecule has 1 atom stereocenters. The van der Waals surface area contributed by atoms with E-state index in [4.69, 9.17) is 5.11 Å². The van der Waals surface area contributed by atoms with Crippen LogP contribution in [-0.2, 0) is 4.79 Å². The van der Waals surface area contributed by atoms with Crippen LogP contribution in [0.15, 0.2) is 16.8 Å². The SMILES string of the molecule is CC(C(=O)O)N1CCN(C(=O)Nc2ccsc2)CC1. The number of carboxylic acid groups (broad SMARTS) is 1. The zero-order valence-corrected chi connectivity index (χ0v) is 11.5. The van der Waals surface area contributed by atoms with Crippen LogP contribution in [0.25, 0.3) is 0 Å². The number of nitrogens with zero attached hydrogens (tertiary/aromatic N) is 2. The average molecular weight is 283 g/mol. The molecule has 6 nitrogen and oxygen atoms in total. The molecular formula is C12H17N3O3S. The molecule has 0 aromatic carbocycles. The van der Waals surface area contributed by atoms with Crippen LogP contribution in [-0.4, -0.2) is 59.1 Å². The van der Waals surface area contributed by atoms with Crippen LogP contribution in [0.3, 0.4) is 0 Å². The summed E-state index contributed by atoms with van der Waals surface area (Å²) in [5.41, 5.74) is 0.802. The fraction of sp³-hybridized carbons (Fsp3) is 0.500. The van der Waals surface area contributed by atoms with Gasteiger partial charge in [-0.3, -0.25) is 9.69 Å². The Bertz CT molecular complexity index is 441. The first-order chi connectivity index (χ1) is 9.08. The summed E-state index contributed by atoms with van der Waals surface area (Å²) in [6.07, 6.45) is 0. The lowest BCUT2D eigenvalue weighted by atomic mass is 10.2. The van der Waals surface area contributed by atoms with Crippen LogP contribution in [0.5, 0.6) is 0 Å². The fourth-order valence-corrected chi connectivity index (χ4v) is 2.59. The summed E-state index contributed by atoms with van der Waals surface area (Å²) in [4.78, 5) is 26.4. The number of piperazine rings is 1. The van der Waals surface area contributed by atoms with Crippen LogP contribution in [0.4, 0.5) is 10.5 Å². The Morgan fingerprint density at radius 1 is 1.37 bits per heavy atom. The van der Waals surface area contributed by atoms with Crippen molar-refractivity contribution >= 4 is 29.0 Å². The summed E-state index contributed by atoms with van der Waals surface area (Å²) in [6, 6.07) is 1.23. The van der Waals surface area contributed by atoms with E-state index < -0.39 is 12.0 Å². The predicted octanol–water partition coefficient (Wildman–Crippen LogP) is 1.37. The third kappa shape index (κ3) is 3.45. The quantitative estimate of drug-likeness (QED) is 0.879. The summed E-state index contributed by atoms with van der Waals surface area (Å²) < 4.78 is 0. The highest BCUT2D eigenvalue weighted by Gasteiger charge is 2.27. The molecule has 0 bridgehead atoms. The minimum absolute atomic E-state index is 0.124. The van der Waals surface area contributed by atoms with Gasteiger partial charge in [0.2, 0.25) is 0 Å². The van der Waals surface area contributed by atoms with E-state index in [0.29, 0.717) is 26.2 Å². The molecule has 1 fully saturated rings. The van der Waals surface area contributed by atoms with Gasteiger partial charge in [0.25, 0.3) is 0 Å². The Morgan fingerprint density at radius 2 is 2.05 bits per heavy atom. The molecule has 0 aliphatic carbocycles. The van der Waals surface area contributed by atoms with Crippen molar-refractivity contribution in [2.24, 2.45) is 0 Å². The van der Waals surface area contributed by atoms with E-state index in [2.05, 4.69) is 5.32 Å². The van der Waals surface area contributed by atoms with Gasteiger partial charge in [0.15, 0.2) is 0 Å². The lowest BCUT2D eigenvalue weighted by molar-refractivity contribution is -0.143. The number of amides is 2. The zero-order chi connectivity index (χ0) is 13.8. The molecule has 1 aromatic rings. The molecule has 1 aliphatic heterocycles. The van der Waals surface area contributed by atoms with Crippen LogP contribution < -0.4 is 5.32 Å². The van der Waals surface area contributed by atoms with E-state index in [0.717, 1.165) is 5.69 Å². The number of thiophene rings is 1. The lowest BCUT2D eigenvalue weighted by Gasteiger charge is -2.36. The smallest absolute Gasteiger partial charge is 0.321 e. The highest BCUT2D eigenvalue weighted by Crippen LogP contribution is 2.13. The third-order valence-corrected chi connectivity index (χ3v) is 3.96. The summed E-state index contributed by atoms with van der Waals surface area (Å²) in [7, 11) is 0. The third-order valence-electron chi connectivity index (χ3n) is 3.28. The highest BCUT2D eigenvalue weighted by atomic mass is 32.1. The van der Waals surface area contributed by atoms with E-state index >= 15 is 0 Å². The van der Waals surface area contributed by atoms with Gasteiger partial charge in [-0.2, -0.15) is 11.3 Å². The standard InChI is InChI=1S/C12H17N3O3S/c1-9(11(16)17)14-3-5-15(6-4-14)12(18)13-10-2-7-19-8-10/h2,7-9H,3-6H2,1H3,(H,13,18)(H,16,17). The topological polar surface area (TPSA) is 72.9 Å². The minimum Gasteiger partial charge on any atom is -0.480 e. The maximum Gasteiger partial charge on any atom is 0.321 e. The van der Waals surface area contributed by atoms with Gasteiger partial charge in [-0.05, 0) is 18.4 Å². The Kier molecular flexibility index (Phi) is 4.39. The Labute approximate surface area is 115 Å². The summed E-state index contributed by atoms with van der Waals surface area (Å²) in [5, 5.41) is 15.5. The second-order valence-corrected chi connectivity index (χ2v) is 5.26. The number of hydrogen-bond donors (Lipinski definition) is 2. The molecule has 2 N–H and O–H groups in total. The minimum atomic E-state index is -0.823. The van der Waals surface area contributed by atoms with E-state index in [9.17, 15) is 9.59 Å². The number of carbonyl (C=O) groups is 2. The largest absolute Gasteiger partial charge is 0.480 e. The van der Waals surface area contributed by atoms with Crippen LogP contribution in [0, 0.1) is 0 Å². The first kappa shape index (κ1) is 13.8. The second kappa shape index (κ2) is 6.03. The number of urea groups is 1. The van der Waals surface area contributed by atoms with Gasteiger partial charge in [-0.15, -0.1) is 0 Å². The van der Waals surface area contributed by atoms with Crippen molar-refractivity contribution in [2.45, 2.75) is 13.0 Å². The lowest BCUT2D eigenvalue weighted by Crippen LogP contribution is -2.53. The monoisotopic (exact) mass is 283 g/mol. The number of carboxylic acids is 1. The molecule has 1 saturated heterocycles. The maximum absolute atomic E-state index is 12.0. The molecule has 7 heteroatoms. The zero-order valence-electron chi connectivity index (χ0n) is 10.7. The molecule has 1 aromatic heterocycles. The first-order valence-electron chi connectivity index (χ1n) is 6.13. The number of rotatable bonds is 3. The Hall–Kier alpha value is -1.60. The molecule has 2 heterocycles. The van der Waals surface area contributed by atoms with Gasteiger partial charge >= 0.3 is 12.0 Å². The molecule has 0 spiro atoms. The number of nitrogens with one attached hydrogen (secondary N) is 1. The van der Waals surface area contributed by atoms with Crippen molar-refractivity contribution in [1.82, 2.24) is 9.80 Å². The number of anilines is 1. The van der Waals surface area contributed by atoms with Crippen LogP contribution in [0.2, 0.25) is 0 Å². The molecule has 104 valence electrons. The Morgan fingerprint density at radius 3 is 2.58 bits per heavy atom. The second-order valence-electron chi connectivity index (χ2n) is 4.48. The van der Waals surface area contributed by atoms with E-state index in [-0.39, 0.29) is 6.03 Å². The van der Waals surface area contributed by atoms with Crippen molar-refractivity contribution < 1.29 is 14.7 Å². The predicted molar refractivity (Wildman–Crippen MR) is 73.6 cm³/mol.